The molecule has 7 heteroatoms. The molecule has 5 rings (SSSR count). The monoisotopic (exact) mass is 568 g/mol. The van der Waals surface area contributed by atoms with Crippen LogP contribution in [0.25, 0.3) is 0 Å². The van der Waals surface area contributed by atoms with Crippen molar-refractivity contribution in [1.82, 2.24) is 0 Å². The second-order valence-corrected chi connectivity index (χ2v) is 12.7. The smallest absolute Gasteiger partial charge is 0.209 e. The third-order valence-electron chi connectivity index (χ3n) is 9.59. The number of carbonyl (C=O) groups is 3. The molecule has 2 aromatic carbocycles. The zero-order valence-electron chi connectivity index (χ0n) is 24.8. The standard InChI is InChI=1S/C35H36O7/c1-7-20-8-10-21(11-9-20)12-13-22-14-15-24(37)26-23(22)16-33(5)17-34(6)27(18(2)3)29(38)25(19(4)36)31(40)35(34,42)32(41)28(33)30(26)39/h8-11,14-15,18,27,37-38,41-42H,7,16-17H2,1-6H3/t27?,33-,34-,35+/m1/s1. The van der Waals surface area contributed by atoms with Crippen molar-refractivity contribution in [2.24, 2.45) is 22.7 Å². The number of ketones is 3. The topological polar surface area (TPSA) is 132 Å². The Bertz CT molecular complexity index is 1680. The minimum Gasteiger partial charge on any atom is -0.511 e. The summed E-state index contributed by atoms with van der Waals surface area (Å²) in [5, 5.41) is 46.0. The Labute approximate surface area is 245 Å². The van der Waals surface area contributed by atoms with E-state index in [4.69, 9.17) is 0 Å². The summed E-state index contributed by atoms with van der Waals surface area (Å²) >= 11 is 0. The Morgan fingerprint density at radius 1 is 1.02 bits per heavy atom. The summed E-state index contributed by atoms with van der Waals surface area (Å²) in [5.41, 5.74) is -2.94. The van der Waals surface area contributed by atoms with Gasteiger partial charge < -0.3 is 20.4 Å². The highest BCUT2D eigenvalue weighted by atomic mass is 16.3. The fourth-order valence-corrected chi connectivity index (χ4v) is 7.81. The van der Waals surface area contributed by atoms with Gasteiger partial charge in [-0.25, -0.2) is 0 Å². The van der Waals surface area contributed by atoms with Gasteiger partial charge in [-0.2, -0.15) is 0 Å². The fourth-order valence-electron chi connectivity index (χ4n) is 7.81. The fraction of sp³-hybridized carbons (Fsp3) is 0.400. The second kappa shape index (κ2) is 9.71. The molecule has 0 heterocycles. The van der Waals surface area contributed by atoms with Crippen LogP contribution in [0.15, 0.2) is 59.1 Å². The molecule has 0 bridgehead atoms. The van der Waals surface area contributed by atoms with Gasteiger partial charge in [-0.1, -0.05) is 58.6 Å². The van der Waals surface area contributed by atoms with E-state index in [-0.39, 0.29) is 35.6 Å². The van der Waals surface area contributed by atoms with Crippen molar-refractivity contribution in [3.8, 4) is 17.6 Å². The third-order valence-corrected chi connectivity index (χ3v) is 9.59. The van der Waals surface area contributed by atoms with Gasteiger partial charge in [0, 0.05) is 33.4 Å². The van der Waals surface area contributed by atoms with E-state index in [1.807, 2.05) is 24.3 Å². The molecule has 1 unspecified atom stereocenters. The first kappa shape index (κ1) is 29.3. The molecule has 0 amide bonds. The van der Waals surface area contributed by atoms with Crippen LogP contribution in [0.1, 0.15) is 80.6 Å². The molecular weight excluding hydrogens is 532 g/mol. The molecule has 218 valence electrons. The van der Waals surface area contributed by atoms with Gasteiger partial charge in [-0.3, -0.25) is 14.4 Å². The lowest BCUT2D eigenvalue weighted by Crippen LogP contribution is -2.67. The molecule has 0 aromatic heterocycles. The summed E-state index contributed by atoms with van der Waals surface area (Å²) in [7, 11) is 0. The number of allylic oxidation sites excluding steroid dienone is 2. The maximum atomic E-state index is 14.1. The number of aromatic hydroxyl groups is 1. The molecule has 3 aliphatic carbocycles. The van der Waals surface area contributed by atoms with Gasteiger partial charge in [-0.15, -0.1) is 0 Å². The van der Waals surface area contributed by atoms with E-state index >= 15 is 0 Å². The summed E-state index contributed by atoms with van der Waals surface area (Å²) in [6.45, 7) is 10.2. The quantitative estimate of drug-likeness (QED) is 0.291. The van der Waals surface area contributed by atoms with Crippen LogP contribution in [0.5, 0.6) is 5.75 Å². The van der Waals surface area contributed by atoms with Crippen molar-refractivity contribution in [2.75, 3.05) is 0 Å². The molecule has 0 aliphatic heterocycles. The number of carbonyl (C=O) groups excluding carboxylic acids is 3. The van der Waals surface area contributed by atoms with Gasteiger partial charge in [0.15, 0.2) is 17.2 Å². The number of phenols is 1. The number of hydrogen-bond acceptors (Lipinski definition) is 7. The Hall–Kier alpha value is -4.15. The first-order valence-electron chi connectivity index (χ1n) is 14.3. The maximum Gasteiger partial charge on any atom is 0.209 e. The molecule has 42 heavy (non-hydrogen) atoms. The van der Waals surface area contributed by atoms with Crippen LogP contribution in [0.3, 0.4) is 0 Å². The molecule has 4 atom stereocenters. The molecule has 3 aliphatic rings. The van der Waals surface area contributed by atoms with Crippen molar-refractivity contribution in [3.63, 3.8) is 0 Å². The number of Topliss-reactive ketones (excluding diaryl/α,β-unsaturated/α-hetero) is 3. The molecule has 4 N–H and O–H groups in total. The van der Waals surface area contributed by atoms with Gasteiger partial charge in [0.25, 0.3) is 0 Å². The third kappa shape index (κ3) is 3.89. The highest BCUT2D eigenvalue weighted by molar-refractivity contribution is 6.25. The molecule has 0 saturated heterocycles. The van der Waals surface area contributed by atoms with Crippen LogP contribution in [-0.4, -0.2) is 43.4 Å². The Morgan fingerprint density at radius 3 is 2.24 bits per heavy atom. The average molecular weight is 569 g/mol. The second-order valence-electron chi connectivity index (χ2n) is 12.7. The number of rotatable bonds is 3. The Balaban J connectivity index is 1.72. The van der Waals surface area contributed by atoms with Crippen molar-refractivity contribution in [2.45, 2.75) is 66.4 Å². The summed E-state index contributed by atoms with van der Waals surface area (Å²) < 4.78 is 0. The van der Waals surface area contributed by atoms with Crippen molar-refractivity contribution >= 4 is 17.3 Å². The van der Waals surface area contributed by atoms with E-state index < -0.39 is 56.8 Å². The van der Waals surface area contributed by atoms with Crippen LogP contribution in [0.4, 0.5) is 0 Å². The number of aliphatic hydroxyl groups excluding tert-OH is 2. The van der Waals surface area contributed by atoms with E-state index in [1.54, 1.807) is 33.8 Å². The van der Waals surface area contributed by atoms with Gasteiger partial charge >= 0.3 is 0 Å². The van der Waals surface area contributed by atoms with Crippen molar-refractivity contribution in [3.05, 3.63) is 86.9 Å². The Kier molecular flexibility index (Phi) is 6.78. The highest BCUT2D eigenvalue weighted by Gasteiger charge is 2.71. The molecule has 0 fully saturated rings. The largest absolute Gasteiger partial charge is 0.511 e. The summed E-state index contributed by atoms with van der Waals surface area (Å²) in [6, 6.07) is 10.9. The molecule has 0 saturated carbocycles. The zero-order chi connectivity index (χ0) is 30.9. The van der Waals surface area contributed by atoms with Crippen LogP contribution < -0.4 is 0 Å². The summed E-state index contributed by atoms with van der Waals surface area (Å²) in [5.74, 6) is 0.967. The van der Waals surface area contributed by atoms with Gasteiger partial charge in [0.1, 0.15) is 22.8 Å². The highest BCUT2D eigenvalue weighted by Crippen LogP contribution is 2.65. The van der Waals surface area contributed by atoms with Crippen LogP contribution in [0, 0.1) is 34.5 Å². The molecular formula is C35H36O7. The molecule has 7 nitrogen and oxygen atoms in total. The number of aliphatic hydroxyl groups is 3. The number of phenolic OH excluding ortho intramolecular Hbond substituents is 1. The van der Waals surface area contributed by atoms with Crippen molar-refractivity contribution in [1.29, 1.82) is 0 Å². The molecule has 2 aromatic rings. The zero-order valence-corrected chi connectivity index (χ0v) is 24.8. The Morgan fingerprint density at radius 2 is 1.67 bits per heavy atom. The first-order chi connectivity index (χ1) is 19.6. The van der Waals surface area contributed by atoms with Crippen LogP contribution in [0.2, 0.25) is 0 Å². The van der Waals surface area contributed by atoms with E-state index in [0.29, 0.717) is 11.1 Å². The number of benzene rings is 2. The summed E-state index contributed by atoms with van der Waals surface area (Å²) in [4.78, 5) is 40.4. The normalized spacial score (nSPS) is 28.6. The minimum atomic E-state index is -2.63. The van der Waals surface area contributed by atoms with E-state index in [2.05, 4.69) is 18.8 Å². The predicted octanol–water partition coefficient (Wildman–Crippen LogP) is 5.31. The average Bonchev–Trinajstić information content (AvgIpc) is 2.90. The number of fused-ring (bicyclic) bond motifs is 3. The van der Waals surface area contributed by atoms with E-state index in [9.17, 15) is 34.8 Å². The summed E-state index contributed by atoms with van der Waals surface area (Å²) in [6.07, 6.45) is 1.12. The minimum absolute atomic E-state index is 0.0336. The number of aryl methyl sites for hydroxylation is 1. The van der Waals surface area contributed by atoms with Crippen LogP contribution >= 0.6 is 0 Å². The lowest BCUT2D eigenvalue weighted by atomic mass is 9.44. The first-order valence-corrected chi connectivity index (χ1v) is 14.3. The van der Waals surface area contributed by atoms with Gasteiger partial charge in [0.2, 0.25) is 5.78 Å². The van der Waals surface area contributed by atoms with Crippen molar-refractivity contribution < 1.29 is 34.8 Å². The predicted molar refractivity (Wildman–Crippen MR) is 157 cm³/mol. The molecule has 0 radical (unpaired) electrons. The lowest BCUT2D eigenvalue weighted by Gasteiger charge is -2.59. The molecule has 0 spiro atoms. The SMILES string of the molecule is CCc1ccc(C#Cc2ccc(O)c3c2C[C@]2(C)C[C@]4(C)C(C(C)C)C(O)=C(C(C)=O)C(=O)[C@]4(O)C(O)=C2C3=O)cc1. The van der Waals surface area contributed by atoms with E-state index in [0.717, 1.165) is 18.9 Å². The lowest BCUT2D eigenvalue weighted by molar-refractivity contribution is -0.171. The van der Waals surface area contributed by atoms with Crippen LogP contribution in [-0.2, 0) is 22.4 Å². The van der Waals surface area contributed by atoms with Gasteiger partial charge in [0.05, 0.1) is 5.56 Å². The van der Waals surface area contributed by atoms with Gasteiger partial charge in [-0.05, 0) is 67.5 Å². The maximum absolute atomic E-state index is 14.1. The van der Waals surface area contributed by atoms with E-state index in [1.165, 1.54) is 11.6 Å². The number of hydrogen-bond donors (Lipinski definition) is 4.